The van der Waals surface area contributed by atoms with Crippen LogP contribution in [0.2, 0.25) is 0 Å². The molecule has 4 bridgehead atoms. The Morgan fingerprint density at radius 1 is 1.22 bits per heavy atom. The van der Waals surface area contributed by atoms with E-state index in [0.717, 1.165) is 37.0 Å². The lowest BCUT2D eigenvalue weighted by Gasteiger charge is -2.57. The van der Waals surface area contributed by atoms with Crippen LogP contribution in [0.4, 0.5) is 5.69 Å². The van der Waals surface area contributed by atoms with Crippen molar-refractivity contribution in [3.63, 3.8) is 0 Å². The molecule has 2 N–H and O–H groups in total. The summed E-state index contributed by atoms with van der Waals surface area (Å²) in [5, 5.41) is 17.6. The lowest BCUT2D eigenvalue weighted by Crippen LogP contribution is -2.61. The number of amides is 1. The molecule has 0 aliphatic heterocycles. The molecule has 0 spiro atoms. The van der Waals surface area contributed by atoms with Gasteiger partial charge in [-0.2, -0.15) is 0 Å². The Kier molecular flexibility index (Phi) is 4.53. The number of hydrogen-bond donors (Lipinski definition) is 2. The van der Waals surface area contributed by atoms with Gasteiger partial charge in [-0.3, -0.25) is 20.2 Å². The van der Waals surface area contributed by atoms with Gasteiger partial charge in [-0.05, 0) is 80.6 Å². The number of carbonyl (C=O) groups excluding carboxylic acids is 1. The van der Waals surface area contributed by atoms with Gasteiger partial charge in [0, 0.05) is 17.2 Å². The standard InChI is InChI=1S/C19H23N3O4S/c1-26-16-3-2-14(7-15(16)22(24)25)17(23)20-18(27)21-19-8-11-4-12(9-19)6-13(5-11)10-19/h2-3,7,11-13H,4-6,8-10H2,1H3,(H2,20,21,23,27). The van der Waals surface area contributed by atoms with Crippen molar-refractivity contribution in [3.05, 3.63) is 33.9 Å². The van der Waals surface area contributed by atoms with Crippen molar-refractivity contribution in [2.45, 2.75) is 44.1 Å². The van der Waals surface area contributed by atoms with E-state index in [1.165, 1.54) is 44.6 Å². The van der Waals surface area contributed by atoms with E-state index < -0.39 is 10.8 Å². The molecule has 0 radical (unpaired) electrons. The maximum absolute atomic E-state index is 12.5. The van der Waals surface area contributed by atoms with Gasteiger partial charge in [-0.15, -0.1) is 0 Å². The monoisotopic (exact) mass is 389 g/mol. The normalized spacial score (nSPS) is 30.6. The van der Waals surface area contributed by atoms with E-state index in [2.05, 4.69) is 10.6 Å². The lowest BCUT2D eigenvalue weighted by atomic mass is 9.53. The molecule has 0 aromatic heterocycles. The number of rotatable bonds is 4. The molecular formula is C19H23N3O4S. The molecule has 8 heteroatoms. The summed E-state index contributed by atoms with van der Waals surface area (Å²) in [6.07, 6.45) is 7.33. The molecule has 1 amide bonds. The second-order valence-corrected chi connectivity index (χ2v) is 8.66. The second kappa shape index (κ2) is 6.74. The van der Waals surface area contributed by atoms with Crippen LogP contribution in [-0.4, -0.2) is 28.6 Å². The van der Waals surface area contributed by atoms with Gasteiger partial charge >= 0.3 is 5.69 Å². The van der Waals surface area contributed by atoms with Crippen molar-refractivity contribution in [3.8, 4) is 5.75 Å². The van der Waals surface area contributed by atoms with Gasteiger partial charge in [0.1, 0.15) is 0 Å². The number of hydrogen-bond acceptors (Lipinski definition) is 5. The first-order valence-electron chi connectivity index (χ1n) is 9.33. The molecule has 4 saturated carbocycles. The highest BCUT2D eigenvalue weighted by molar-refractivity contribution is 7.80. The van der Waals surface area contributed by atoms with Crippen molar-refractivity contribution in [1.29, 1.82) is 0 Å². The molecule has 1 aromatic rings. The Morgan fingerprint density at radius 2 is 1.81 bits per heavy atom. The minimum atomic E-state index is -0.568. The van der Waals surface area contributed by atoms with E-state index >= 15 is 0 Å². The molecule has 0 unspecified atom stereocenters. The number of nitro benzene ring substituents is 1. The molecular weight excluding hydrogens is 366 g/mol. The van der Waals surface area contributed by atoms with Gasteiger partial charge < -0.3 is 10.1 Å². The molecule has 4 fully saturated rings. The number of thiocarbonyl (C=S) groups is 1. The Bertz CT molecular complexity index is 775. The number of methoxy groups -OCH3 is 1. The first-order chi connectivity index (χ1) is 12.9. The summed E-state index contributed by atoms with van der Waals surface area (Å²) in [4.78, 5) is 23.1. The fraction of sp³-hybridized carbons (Fsp3) is 0.579. The van der Waals surface area contributed by atoms with Gasteiger partial charge in [-0.1, -0.05) is 0 Å². The Balaban J connectivity index is 1.43. The van der Waals surface area contributed by atoms with Crippen molar-refractivity contribution < 1.29 is 14.5 Å². The van der Waals surface area contributed by atoms with Crippen LogP contribution in [0.3, 0.4) is 0 Å². The fourth-order valence-electron chi connectivity index (χ4n) is 5.69. The average molecular weight is 389 g/mol. The van der Waals surface area contributed by atoms with Crippen LogP contribution < -0.4 is 15.4 Å². The summed E-state index contributed by atoms with van der Waals surface area (Å²) in [6, 6.07) is 4.12. The molecule has 144 valence electrons. The van der Waals surface area contributed by atoms with E-state index in [1.54, 1.807) is 0 Å². The quantitative estimate of drug-likeness (QED) is 0.467. The SMILES string of the molecule is COc1ccc(C(=O)NC(=S)NC23CC4CC(CC(C4)C2)C3)cc1[N+](=O)[O-]. The van der Waals surface area contributed by atoms with Crippen LogP contribution in [0.15, 0.2) is 18.2 Å². The van der Waals surface area contributed by atoms with Gasteiger partial charge in [0.05, 0.1) is 12.0 Å². The van der Waals surface area contributed by atoms with Gasteiger partial charge in [-0.25, -0.2) is 0 Å². The number of benzene rings is 1. The van der Waals surface area contributed by atoms with Crippen LogP contribution in [-0.2, 0) is 0 Å². The summed E-state index contributed by atoms with van der Waals surface area (Å²) < 4.78 is 4.97. The Labute approximate surface area is 163 Å². The average Bonchev–Trinajstić information content (AvgIpc) is 2.59. The largest absolute Gasteiger partial charge is 0.490 e. The van der Waals surface area contributed by atoms with Gasteiger partial charge in [0.2, 0.25) is 0 Å². The number of nitrogens with zero attached hydrogens (tertiary/aromatic N) is 1. The highest BCUT2D eigenvalue weighted by Crippen LogP contribution is 2.55. The maximum Gasteiger partial charge on any atom is 0.311 e. The predicted octanol–water partition coefficient (Wildman–Crippen LogP) is 3.18. The fourth-order valence-corrected chi connectivity index (χ4v) is 5.99. The molecule has 0 heterocycles. The molecule has 4 aliphatic carbocycles. The molecule has 1 aromatic carbocycles. The van der Waals surface area contributed by atoms with Crippen LogP contribution in [0.25, 0.3) is 0 Å². The first kappa shape index (κ1) is 18.2. The van der Waals surface area contributed by atoms with Crippen molar-refractivity contribution >= 4 is 28.9 Å². The number of ether oxygens (including phenoxy) is 1. The smallest absolute Gasteiger partial charge is 0.311 e. The van der Waals surface area contributed by atoms with E-state index in [-0.39, 0.29) is 22.5 Å². The minimum Gasteiger partial charge on any atom is -0.490 e. The summed E-state index contributed by atoms with van der Waals surface area (Å²) in [5.41, 5.74) is -0.0624. The van der Waals surface area contributed by atoms with Gasteiger partial charge in [0.15, 0.2) is 10.9 Å². The third-order valence-electron chi connectivity index (χ3n) is 6.28. The molecule has 27 heavy (non-hydrogen) atoms. The Morgan fingerprint density at radius 3 is 2.33 bits per heavy atom. The first-order valence-corrected chi connectivity index (χ1v) is 9.74. The third-order valence-corrected chi connectivity index (χ3v) is 6.49. The highest BCUT2D eigenvalue weighted by Gasteiger charge is 2.51. The zero-order valence-electron chi connectivity index (χ0n) is 15.2. The highest BCUT2D eigenvalue weighted by atomic mass is 32.1. The summed E-state index contributed by atoms with van der Waals surface area (Å²) in [7, 11) is 1.35. The summed E-state index contributed by atoms with van der Waals surface area (Å²) in [5.74, 6) is 1.97. The lowest BCUT2D eigenvalue weighted by molar-refractivity contribution is -0.385. The number of carbonyl (C=O) groups is 1. The van der Waals surface area contributed by atoms with E-state index in [9.17, 15) is 14.9 Å². The molecule has 0 atom stereocenters. The zero-order chi connectivity index (χ0) is 19.2. The second-order valence-electron chi connectivity index (χ2n) is 8.25. The third kappa shape index (κ3) is 3.50. The molecule has 7 nitrogen and oxygen atoms in total. The topological polar surface area (TPSA) is 93.5 Å². The molecule has 5 rings (SSSR count). The zero-order valence-corrected chi connectivity index (χ0v) is 16.0. The molecule has 4 aliphatic rings. The summed E-state index contributed by atoms with van der Waals surface area (Å²) >= 11 is 5.40. The van der Waals surface area contributed by atoms with Crippen LogP contribution in [0, 0.1) is 27.9 Å². The number of nitro groups is 1. The van der Waals surface area contributed by atoms with E-state index in [4.69, 9.17) is 17.0 Å². The van der Waals surface area contributed by atoms with Gasteiger partial charge in [0.25, 0.3) is 5.91 Å². The van der Waals surface area contributed by atoms with E-state index in [1.807, 2.05) is 0 Å². The van der Waals surface area contributed by atoms with Crippen molar-refractivity contribution in [2.75, 3.05) is 7.11 Å². The minimum absolute atomic E-state index is 0.00498. The predicted molar refractivity (Wildman–Crippen MR) is 104 cm³/mol. The Hall–Kier alpha value is -2.22. The molecule has 0 saturated heterocycles. The number of nitrogens with one attached hydrogen (secondary N) is 2. The maximum atomic E-state index is 12.5. The van der Waals surface area contributed by atoms with Crippen molar-refractivity contribution in [1.82, 2.24) is 10.6 Å². The van der Waals surface area contributed by atoms with Crippen LogP contribution in [0.1, 0.15) is 48.9 Å². The summed E-state index contributed by atoms with van der Waals surface area (Å²) in [6.45, 7) is 0. The van der Waals surface area contributed by atoms with E-state index in [0.29, 0.717) is 5.11 Å². The van der Waals surface area contributed by atoms with Crippen molar-refractivity contribution in [2.24, 2.45) is 17.8 Å². The van der Waals surface area contributed by atoms with Crippen LogP contribution in [0.5, 0.6) is 5.75 Å². The van der Waals surface area contributed by atoms with Crippen LogP contribution >= 0.6 is 12.2 Å².